The molecule has 4 nitrogen and oxygen atoms in total. The van der Waals surface area contributed by atoms with Crippen LogP contribution in [0, 0.1) is 0 Å². The molecule has 1 aromatic heterocycles. The van der Waals surface area contributed by atoms with E-state index in [1.807, 2.05) is 18.2 Å². The van der Waals surface area contributed by atoms with E-state index >= 15 is 0 Å². The van der Waals surface area contributed by atoms with Crippen molar-refractivity contribution in [1.82, 2.24) is 4.98 Å². The highest BCUT2D eigenvalue weighted by atomic mass is 16.5. The quantitative estimate of drug-likeness (QED) is 0.822. The van der Waals surface area contributed by atoms with Gasteiger partial charge in [0.1, 0.15) is 0 Å². The predicted molar refractivity (Wildman–Crippen MR) is 86.7 cm³/mol. The summed E-state index contributed by atoms with van der Waals surface area (Å²) in [4.78, 5) is 4.63. The van der Waals surface area contributed by atoms with Crippen molar-refractivity contribution in [2.75, 3.05) is 25.6 Å². The molecule has 2 aromatic rings. The number of nitrogens with one attached hydrogen (secondary N) is 1. The molecule has 0 aliphatic heterocycles. The van der Waals surface area contributed by atoms with Crippen molar-refractivity contribution in [1.29, 1.82) is 0 Å². The number of hydrogen-bond acceptors (Lipinski definition) is 4. The summed E-state index contributed by atoms with van der Waals surface area (Å²) < 4.78 is 5.03. The third-order valence-electron chi connectivity index (χ3n) is 3.57. The van der Waals surface area contributed by atoms with Crippen molar-refractivity contribution in [3.05, 3.63) is 36.0 Å². The molecule has 1 aromatic carbocycles. The van der Waals surface area contributed by atoms with Crippen LogP contribution >= 0.6 is 0 Å². The topological polar surface area (TPSA) is 54.4 Å². The molecule has 0 amide bonds. The molecule has 1 atom stereocenters. The van der Waals surface area contributed by atoms with E-state index in [9.17, 15) is 5.11 Å². The third kappa shape index (κ3) is 4.16. The van der Waals surface area contributed by atoms with E-state index in [1.165, 1.54) is 0 Å². The molecule has 2 N–H and O–H groups in total. The normalized spacial score (nSPS) is 14.1. The fraction of sp³-hybridized carbons (Fsp3) is 0.471. The Morgan fingerprint density at radius 1 is 1.33 bits per heavy atom. The molecular weight excluding hydrogens is 264 g/mol. The number of para-hydroxylation sites is 1. The molecule has 0 fully saturated rings. The van der Waals surface area contributed by atoms with Crippen LogP contribution in [0.25, 0.3) is 10.9 Å². The van der Waals surface area contributed by atoms with Crippen LogP contribution < -0.4 is 5.32 Å². The van der Waals surface area contributed by atoms with Crippen LogP contribution in [-0.4, -0.2) is 36.0 Å². The number of methoxy groups -OCH3 is 1. The monoisotopic (exact) mass is 288 g/mol. The summed E-state index contributed by atoms with van der Waals surface area (Å²) in [6, 6.07) is 10.2. The minimum Gasteiger partial charge on any atom is -0.388 e. The standard InChI is InChI=1S/C17H24N2O2/c1-4-13-11-16(14-7-5-6-8-15(14)19-13)18-10-9-17(2,20)12-21-3/h5-8,11,20H,4,9-10,12H2,1-3H3,(H,18,19). The van der Waals surface area contributed by atoms with Gasteiger partial charge in [0.05, 0.1) is 17.7 Å². The number of pyridine rings is 1. The van der Waals surface area contributed by atoms with Crippen LogP contribution in [0.5, 0.6) is 0 Å². The molecule has 21 heavy (non-hydrogen) atoms. The maximum absolute atomic E-state index is 10.1. The Kier molecular flexibility index (Phi) is 5.15. The van der Waals surface area contributed by atoms with E-state index in [-0.39, 0.29) is 0 Å². The van der Waals surface area contributed by atoms with Crippen molar-refractivity contribution in [3.8, 4) is 0 Å². The van der Waals surface area contributed by atoms with Crippen LogP contribution in [0.2, 0.25) is 0 Å². The Morgan fingerprint density at radius 3 is 2.81 bits per heavy atom. The zero-order valence-corrected chi connectivity index (χ0v) is 13.0. The smallest absolute Gasteiger partial charge is 0.0868 e. The summed E-state index contributed by atoms with van der Waals surface area (Å²) in [5.74, 6) is 0. The summed E-state index contributed by atoms with van der Waals surface area (Å²) in [6.07, 6.45) is 1.53. The van der Waals surface area contributed by atoms with Gasteiger partial charge in [0.15, 0.2) is 0 Å². The first-order valence-electron chi connectivity index (χ1n) is 7.39. The molecule has 4 heteroatoms. The van der Waals surface area contributed by atoms with Gasteiger partial charge >= 0.3 is 0 Å². The highest BCUT2D eigenvalue weighted by Gasteiger charge is 2.19. The van der Waals surface area contributed by atoms with Crippen LogP contribution in [-0.2, 0) is 11.2 Å². The van der Waals surface area contributed by atoms with Gasteiger partial charge in [-0.1, -0.05) is 25.1 Å². The molecule has 0 saturated carbocycles. The number of benzene rings is 1. The second-order valence-corrected chi connectivity index (χ2v) is 5.64. The van der Waals surface area contributed by atoms with Gasteiger partial charge in [-0.3, -0.25) is 4.98 Å². The maximum atomic E-state index is 10.1. The van der Waals surface area contributed by atoms with Crippen molar-refractivity contribution < 1.29 is 9.84 Å². The van der Waals surface area contributed by atoms with Gasteiger partial charge in [-0.2, -0.15) is 0 Å². The molecule has 1 unspecified atom stereocenters. The molecule has 0 radical (unpaired) electrons. The van der Waals surface area contributed by atoms with Gasteiger partial charge in [0, 0.05) is 30.4 Å². The number of anilines is 1. The van der Waals surface area contributed by atoms with Gasteiger partial charge in [-0.15, -0.1) is 0 Å². The highest BCUT2D eigenvalue weighted by Crippen LogP contribution is 2.23. The summed E-state index contributed by atoms with van der Waals surface area (Å²) in [6.45, 7) is 4.92. The van der Waals surface area contributed by atoms with Gasteiger partial charge in [-0.05, 0) is 31.9 Å². The van der Waals surface area contributed by atoms with E-state index in [1.54, 1.807) is 14.0 Å². The summed E-state index contributed by atoms with van der Waals surface area (Å²) >= 11 is 0. The predicted octanol–water partition coefficient (Wildman–Crippen LogP) is 3.00. The Labute approximate surface area is 126 Å². The molecule has 2 rings (SSSR count). The number of aryl methyl sites for hydroxylation is 1. The zero-order chi connectivity index (χ0) is 15.3. The molecule has 0 aliphatic rings. The summed E-state index contributed by atoms with van der Waals surface area (Å²) in [7, 11) is 1.60. The van der Waals surface area contributed by atoms with Gasteiger partial charge in [-0.25, -0.2) is 0 Å². The number of fused-ring (bicyclic) bond motifs is 1. The van der Waals surface area contributed by atoms with Crippen LogP contribution in [0.1, 0.15) is 26.0 Å². The average Bonchev–Trinajstić information content (AvgIpc) is 2.46. The SMILES string of the molecule is CCc1cc(NCCC(C)(O)COC)c2ccccc2n1. The van der Waals surface area contributed by atoms with E-state index < -0.39 is 5.60 Å². The van der Waals surface area contributed by atoms with Crippen LogP contribution in [0.15, 0.2) is 30.3 Å². The average molecular weight is 288 g/mol. The largest absolute Gasteiger partial charge is 0.388 e. The van der Waals surface area contributed by atoms with Crippen molar-refractivity contribution in [3.63, 3.8) is 0 Å². The van der Waals surface area contributed by atoms with Gasteiger partial charge in [0.25, 0.3) is 0 Å². The number of aliphatic hydroxyl groups is 1. The summed E-state index contributed by atoms with van der Waals surface area (Å²) in [5.41, 5.74) is 2.34. The number of hydrogen-bond donors (Lipinski definition) is 2. The van der Waals surface area contributed by atoms with Gasteiger partial charge in [0.2, 0.25) is 0 Å². The lowest BCUT2D eigenvalue weighted by Gasteiger charge is -2.22. The first kappa shape index (κ1) is 15.7. The molecule has 0 aliphatic carbocycles. The summed E-state index contributed by atoms with van der Waals surface area (Å²) in [5, 5.41) is 14.7. The lowest BCUT2D eigenvalue weighted by atomic mass is 10.0. The highest BCUT2D eigenvalue weighted by molar-refractivity contribution is 5.91. The van der Waals surface area contributed by atoms with E-state index in [2.05, 4.69) is 29.4 Å². The molecule has 1 heterocycles. The van der Waals surface area contributed by atoms with Crippen LogP contribution in [0.4, 0.5) is 5.69 Å². The minimum absolute atomic E-state index is 0.339. The Balaban J connectivity index is 2.14. The number of aromatic nitrogens is 1. The zero-order valence-electron chi connectivity index (χ0n) is 13.0. The lowest BCUT2D eigenvalue weighted by Crippen LogP contribution is -2.32. The van der Waals surface area contributed by atoms with Crippen molar-refractivity contribution >= 4 is 16.6 Å². The second kappa shape index (κ2) is 6.87. The lowest BCUT2D eigenvalue weighted by molar-refractivity contribution is -0.0200. The molecule has 0 bridgehead atoms. The minimum atomic E-state index is -0.807. The fourth-order valence-corrected chi connectivity index (χ4v) is 2.41. The molecule has 114 valence electrons. The number of nitrogens with zero attached hydrogens (tertiary/aromatic N) is 1. The number of ether oxygens (including phenoxy) is 1. The first-order valence-corrected chi connectivity index (χ1v) is 7.39. The van der Waals surface area contributed by atoms with Crippen molar-refractivity contribution in [2.24, 2.45) is 0 Å². The molecule has 0 spiro atoms. The maximum Gasteiger partial charge on any atom is 0.0868 e. The first-order chi connectivity index (χ1) is 10.1. The Bertz CT molecular complexity index is 596. The van der Waals surface area contributed by atoms with Gasteiger partial charge < -0.3 is 15.2 Å². The van der Waals surface area contributed by atoms with E-state index in [0.29, 0.717) is 19.6 Å². The van der Waals surface area contributed by atoms with E-state index in [0.717, 1.165) is 28.7 Å². The van der Waals surface area contributed by atoms with E-state index in [4.69, 9.17) is 4.74 Å². The molecule has 0 saturated heterocycles. The van der Waals surface area contributed by atoms with Crippen LogP contribution in [0.3, 0.4) is 0 Å². The third-order valence-corrected chi connectivity index (χ3v) is 3.57. The fourth-order valence-electron chi connectivity index (χ4n) is 2.41. The Morgan fingerprint density at radius 2 is 2.10 bits per heavy atom. The molecular formula is C17H24N2O2. The Hall–Kier alpha value is -1.65. The van der Waals surface area contributed by atoms with Crippen molar-refractivity contribution in [2.45, 2.75) is 32.3 Å². The second-order valence-electron chi connectivity index (χ2n) is 5.64. The number of rotatable bonds is 7.